The minimum Gasteiger partial charge on any atom is -0.462 e. The van der Waals surface area contributed by atoms with E-state index in [1.165, 1.54) is 193 Å². The van der Waals surface area contributed by atoms with E-state index in [2.05, 4.69) is 41.5 Å². The predicted octanol–water partition coefficient (Wildman–Crippen LogP) is 21.9. The van der Waals surface area contributed by atoms with E-state index in [1.54, 1.807) is 0 Å². The Kier molecular flexibility index (Phi) is 65.5. The fourth-order valence-electron chi connectivity index (χ4n) is 11.4. The van der Waals surface area contributed by atoms with Crippen molar-refractivity contribution in [3.8, 4) is 0 Å². The second-order valence-corrected chi connectivity index (χ2v) is 30.7. The van der Waals surface area contributed by atoms with Crippen LogP contribution in [0.4, 0.5) is 0 Å². The van der Waals surface area contributed by atoms with Gasteiger partial charge in [0.15, 0.2) is 12.2 Å². The third kappa shape index (κ3) is 67.3. The van der Waals surface area contributed by atoms with Crippen molar-refractivity contribution < 1.29 is 80.2 Å². The molecule has 0 saturated carbocycles. The molecule has 0 aromatic heterocycles. The third-order valence-electron chi connectivity index (χ3n) is 17.8. The highest BCUT2D eigenvalue weighted by Gasteiger charge is 2.30. The van der Waals surface area contributed by atoms with E-state index < -0.39 is 97.5 Å². The number of hydrogen-bond acceptors (Lipinski definition) is 15. The second-order valence-electron chi connectivity index (χ2n) is 27.8. The summed E-state index contributed by atoms with van der Waals surface area (Å²) in [5.41, 5.74) is 0. The summed E-state index contributed by atoms with van der Waals surface area (Å²) < 4.78 is 68.4. The summed E-state index contributed by atoms with van der Waals surface area (Å²) in [5, 5.41) is 10.6. The minimum atomic E-state index is -4.96. The smallest absolute Gasteiger partial charge is 0.462 e. The quantitative estimate of drug-likeness (QED) is 0.0222. The molecule has 94 heavy (non-hydrogen) atoms. The molecule has 0 heterocycles. The Balaban J connectivity index is 5.18. The van der Waals surface area contributed by atoms with Gasteiger partial charge in [-0.2, -0.15) is 0 Å². The first-order chi connectivity index (χ1) is 45.4. The van der Waals surface area contributed by atoms with Gasteiger partial charge in [0, 0.05) is 25.7 Å². The van der Waals surface area contributed by atoms with E-state index in [0.717, 1.165) is 115 Å². The van der Waals surface area contributed by atoms with Crippen LogP contribution in [0.1, 0.15) is 388 Å². The van der Waals surface area contributed by atoms with Crippen molar-refractivity contribution in [1.29, 1.82) is 0 Å². The summed E-state index contributed by atoms with van der Waals surface area (Å²) in [6.45, 7) is 9.56. The normalized spacial score (nSPS) is 14.3. The Morgan fingerprint density at radius 2 is 0.543 bits per heavy atom. The second kappa shape index (κ2) is 66.9. The van der Waals surface area contributed by atoms with Crippen molar-refractivity contribution in [3.05, 3.63) is 0 Å². The van der Waals surface area contributed by atoms with Gasteiger partial charge in [-0.25, -0.2) is 9.13 Å². The van der Waals surface area contributed by atoms with Gasteiger partial charge < -0.3 is 33.8 Å². The van der Waals surface area contributed by atoms with Crippen LogP contribution in [0.3, 0.4) is 0 Å². The molecule has 0 spiro atoms. The Morgan fingerprint density at radius 3 is 0.809 bits per heavy atom. The maximum absolute atomic E-state index is 13.1. The molecule has 3 unspecified atom stereocenters. The highest BCUT2D eigenvalue weighted by Crippen LogP contribution is 2.45. The number of hydrogen-bond donors (Lipinski definition) is 3. The molecule has 0 rings (SSSR count). The van der Waals surface area contributed by atoms with Gasteiger partial charge in [0.1, 0.15) is 19.3 Å². The molecule has 3 N–H and O–H groups in total. The number of phosphoric acid groups is 2. The van der Waals surface area contributed by atoms with Crippen LogP contribution < -0.4 is 0 Å². The number of aliphatic hydroxyl groups excluding tert-OH is 1. The Morgan fingerprint density at radius 1 is 0.309 bits per heavy atom. The lowest BCUT2D eigenvalue weighted by atomic mass is 9.99. The number of ether oxygens (including phenoxy) is 4. The van der Waals surface area contributed by atoms with E-state index in [9.17, 15) is 43.2 Å². The molecule has 19 heteroatoms. The number of phosphoric ester groups is 2. The molecule has 0 radical (unpaired) electrons. The van der Waals surface area contributed by atoms with Crippen LogP contribution >= 0.6 is 15.6 Å². The number of rotatable bonds is 74. The molecule has 0 fully saturated rings. The van der Waals surface area contributed by atoms with Crippen molar-refractivity contribution in [2.75, 3.05) is 39.6 Å². The summed E-state index contributed by atoms with van der Waals surface area (Å²) in [5.74, 6) is -0.561. The molecular formula is C75H146O17P2. The molecule has 17 nitrogen and oxygen atoms in total. The highest BCUT2D eigenvalue weighted by atomic mass is 31.2. The summed E-state index contributed by atoms with van der Waals surface area (Å²) in [6.07, 6.45) is 54.2. The van der Waals surface area contributed by atoms with E-state index in [4.69, 9.17) is 37.0 Å². The Hall–Kier alpha value is -1.94. The zero-order valence-corrected chi connectivity index (χ0v) is 63.1. The average molecular weight is 1380 g/mol. The summed E-state index contributed by atoms with van der Waals surface area (Å²) >= 11 is 0. The summed E-state index contributed by atoms with van der Waals surface area (Å²) in [7, 11) is -9.90. The van der Waals surface area contributed by atoms with Crippen LogP contribution in [0.25, 0.3) is 0 Å². The fourth-order valence-corrected chi connectivity index (χ4v) is 13.0. The van der Waals surface area contributed by atoms with E-state index in [-0.39, 0.29) is 25.7 Å². The monoisotopic (exact) mass is 1380 g/mol. The topological polar surface area (TPSA) is 237 Å². The lowest BCUT2D eigenvalue weighted by Crippen LogP contribution is -2.30. The van der Waals surface area contributed by atoms with Gasteiger partial charge in [0.25, 0.3) is 0 Å². The van der Waals surface area contributed by atoms with E-state index >= 15 is 0 Å². The van der Waals surface area contributed by atoms with Gasteiger partial charge in [-0.05, 0) is 37.5 Å². The lowest BCUT2D eigenvalue weighted by molar-refractivity contribution is -0.161. The maximum Gasteiger partial charge on any atom is 0.472 e. The molecule has 6 atom stereocenters. The zero-order valence-electron chi connectivity index (χ0n) is 61.3. The fraction of sp³-hybridized carbons (Fsp3) is 0.947. The molecular weight excluding hydrogens is 1230 g/mol. The van der Waals surface area contributed by atoms with Crippen LogP contribution in [-0.4, -0.2) is 96.7 Å². The number of unbranched alkanes of at least 4 members (excludes halogenated alkanes) is 43. The van der Waals surface area contributed by atoms with E-state index in [1.807, 2.05) is 0 Å². The van der Waals surface area contributed by atoms with Crippen molar-refractivity contribution >= 4 is 39.5 Å². The van der Waals surface area contributed by atoms with Crippen LogP contribution in [0.2, 0.25) is 0 Å². The molecule has 0 aliphatic rings. The van der Waals surface area contributed by atoms with Gasteiger partial charge in [-0.1, -0.05) is 337 Å². The first kappa shape index (κ1) is 92.1. The number of carbonyl (C=O) groups is 4. The molecule has 0 aliphatic heterocycles. The standard InChI is InChI=1S/C75H146O17P2/c1-7-10-12-14-16-17-18-19-20-21-22-23-24-25-26-27-35-41-47-53-59-74(79)92-71(64-86-73(78)58-52-46-40-34-31-29-33-39-44-50-56-68(6)9-3)66-90-94(83,84)88-62-69(76)61-87-93(81,82)89-65-70(63-85-72(77)57-51-45-37-15-13-11-8-2)91-75(80)60-54-48-42-36-30-28-32-38-43-49-55-67(4)5/h67-71,76H,7-66H2,1-6H3,(H,81,82)(H,83,84)/t68?,69-,70+,71+/m0/s1. The van der Waals surface area contributed by atoms with Crippen LogP contribution in [-0.2, 0) is 65.4 Å². The molecule has 0 aromatic carbocycles. The van der Waals surface area contributed by atoms with Gasteiger partial charge in [0.05, 0.1) is 26.4 Å². The molecule has 0 aliphatic carbocycles. The van der Waals surface area contributed by atoms with Crippen molar-refractivity contribution in [2.45, 2.75) is 407 Å². The van der Waals surface area contributed by atoms with Crippen molar-refractivity contribution in [2.24, 2.45) is 11.8 Å². The SMILES string of the molecule is CCCCCCCCCCCCCCCCCCCCCCC(=O)O[C@H](COC(=O)CCCCCCCCCCCCC(C)CC)COP(=O)(O)OC[C@@H](O)COP(=O)(O)OC[C@@H](COC(=O)CCCCCCCCC)OC(=O)CCCCCCCCCCCCC(C)C. The minimum absolute atomic E-state index is 0.106. The molecule has 0 bridgehead atoms. The van der Waals surface area contributed by atoms with Crippen LogP contribution in [0.15, 0.2) is 0 Å². The first-order valence-electron chi connectivity index (χ1n) is 39.0. The third-order valence-corrected chi connectivity index (χ3v) is 19.7. The highest BCUT2D eigenvalue weighted by molar-refractivity contribution is 7.47. The number of esters is 4. The van der Waals surface area contributed by atoms with Crippen molar-refractivity contribution in [3.63, 3.8) is 0 Å². The summed E-state index contributed by atoms with van der Waals surface area (Å²) in [4.78, 5) is 72.6. The maximum atomic E-state index is 13.1. The zero-order chi connectivity index (χ0) is 69.3. The Labute approximate surface area is 575 Å². The average Bonchev–Trinajstić information content (AvgIpc) is 1.38. The van der Waals surface area contributed by atoms with Gasteiger partial charge in [-0.3, -0.25) is 37.3 Å². The lowest BCUT2D eigenvalue weighted by Gasteiger charge is -2.21. The van der Waals surface area contributed by atoms with Gasteiger partial charge >= 0.3 is 39.5 Å². The predicted molar refractivity (Wildman–Crippen MR) is 381 cm³/mol. The first-order valence-corrected chi connectivity index (χ1v) is 42.0. The molecule has 0 saturated heterocycles. The van der Waals surface area contributed by atoms with Crippen LogP contribution in [0, 0.1) is 11.8 Å². The van der Waals surface area contributed by atoms with Gasteiger partial charge in [0.2, 0.25) is 0 Å². The largest absolute Gasteiger partial charge is 0.472 e. The molecule has 558 valence electrons. The van der Waals surface area contributed by atoms with Crippen LogP contribution in [0.5, 0.6) is 0 Å². The Bertz CT molecular complexity index is 1820. The summed E-state index contributed by atoms with van der Waals surface area (Å²) in [6, 6.07) is 0. The van der Waals surface area contributed by atoms with Gasteiger partial charge in [-0.15, -0.1) is 0 Å². The number of aliphatic hydroxyl groups is 1. The molecule has 0 aromatic rings. The van der Waals surface area contributed by atoms with E-state index in [0.29, 0.717) is 25.7 Å². The molecule has 0 amide bonds. The van der Waals surface area contributed by atoms with Crippen molar-refractivity contribution in [1.82, 2.24) is 0 Å². The number of carbonyl (C=O) groups excluding carboxylic acids is 4.